The van der Waals surface area contributed by atoms with E-state index in [2.05, 4.69) is 67.8 Å². The first-order valence-corrected chi connectivity index (χ1v) is 24.5. The first-order valence-electron chi connectivity index (χ1n) is 24.5. The number of hydrogen-bond acceptors (Lipinski definition) is 3. The lowest BCUT2D eigenvalue weighted by Gasteiger charge is -2.19. The van der Waals surface area contributed by atoms with Crippen LogP contribution >= 0.6 is 0 Å². The molecule has 0 fully saturated rings. The average Bonchev–Trinajstić information content (AvgIpc) is 3.20. The van der Waals surface area contributed by atoms with Crippen LogP contribution in [0.1, 0.15) is 245 Å². The Bertz CT molecular complexity index is 934. The van der Waals surface area contributed by atoms with Crippen molar-refractivity contribution in [3.8, 4) is 0 Å². The second-order valence-electron chi connectivity index (χ2n) is 16.5. The molecule has 0 saturated carbocycles. The number of nitrogens with one attached hydrogen (secondary N) is 1. The molecule has 0 bridgehead atoms. The SMILES string of the molecule is CC/C=C\C/C=C\C/C=C\CCCCCCCC(=O)NC(CO)C(O)/C=C/CC/C=C/CCCCCCCCCCCCCCCCCCCCCCCCC. The summed E-state index contributed by atoms with van der Waals surface area (Å²) in [7, 11) is 0. The number of unbranched alkanes of at least 4 members (excludes halogenated alkanes) is 29. The summed E-state index contributed by atoms with van der Waals surface area (Å²) in [5.41, 5.74) is 0. The smallest absolute Gasteiger partial charge is 0.220 e. The van der Waals surface area contributed by atoms with Gasteiger partial charge in [0.1, 0.15) is 0 Å². The summed E-state index contributed by atoms with van der Waals surface area (Å²) in [6.45, 7) is 4.19. The van der Waals surface area contributed by atoms with Crippen LogP contribution in [0.4, 0.5) is 0 Å². The molecule has 0 spiro atoms. The molecule has 56 heavy (non-hydrogen) atoms. The number of aliphatic hydroxyl groups excluding tert-OH is 2. The number of amides is 1. The summed E-state index contributed by atoms with van der Waals surface area (Å²) >= 11 is 0. The summed E-state index contributed by atoms with van der Waals surface area (Å²) in [6.07, 6.45) is 66.5. The third-order valence-corrected chi connectivity index (χ3v) is 11.0. The van der Waals surface area contributed by atoms with Crippen molar-refractivity contribution >= 4 is 5.91 Å². The monoisotopic (exact) mass is 782 g/mol. The van der Waals surface area contributed by atoms with Crippen LogP contribution in [-0.2, 0) is 4.79 Å². The van der Waals surface area contributed by atoms with Gasteiger partial charge in [-0.25, -0.2) is 0 Å². The summed E-state index contributed by atoms with van der Waals surface area (Å²) in [5.74, 6) is -0.0915. The molecule has 2 unspecified atom stereocenters. The van der Waals surface area contributed by atoms with Crippen LogP contribution in [0.2, 0.25) is 0 Å². The standard InChI is InChI=1S/C52H95NO3/c1-3-5-7-9-11-13-15-17-19-20-21-22-23-24-25-26-27-28-29-30-31-32-34-35-37-39-41-43-45-47-51(55)50(49-54)53-52(56)48-46-44-42-40-38-36-33-18-16-14-12-10-8-6-4-2/h6,8,12,14,18,33,37,39,45,47,50-51,54-55H,3-5,7,9-11,13,15-17,19-32,34-36,38,40-44,46,48-49H2,1-2H3,(H,53,56)/b8-6-,14-12-,33-18-,39-37+,47-45+. The van der Waals surface area contributed by atoms with E-state index in [1.54, 1.807) is 6.08 Å². The van der Waals surface area contributed by atoms with Gasteiger partial charge in [-0.3, -0.25) is 4.79 Å². The summed E-state index contributed by atoms with van der Waals surface area (Å²) in [5, 5.41) is 23.0. The number of hydrogen-bond donors (Lipinski definition) is 3. The van der Waals surface area contributed by atoms with Crippen molar-refractivity contribution in [2.45, 2.75) is 257 Å². The third-order valence-electron chi connectivity index (χ3n) is 11.0. The van der Waals surface area contributed by atoms with E-state index in [1.165, 1.54) is 161 Å². The van der Waals surface area contributed by atoms with Crippen LogP contribution in [0.25, 0.3) is 0 Å². The maximum Gasteiger partial charge on any atom is 0.220 e. The summed E-state index contributed by atoms with van der Waals surface area (Å²) in [6, 6.07) is -0.650. The van der Waals surface area contributed by atoms with Crippen molar-refractivity contribution in [2.75, 3.05) is 6.61 Å². The normalized spacial score (nSPS) is 13.4. The van der Waals surface area contributed by atoms with Crippen molar-refractivity contribution in [2.24, 2.45) is 0 Å². The number of carbonyl (C=O) groups is 1. The quantitative estimate of drug-likeness (QED) is 0.0426. The summed E-state index contributed by atoms with van der Waals surface area (Å²) in [4.78, 5) is 12.4. The zero-order valence-electron chi connectivity index (χ0n) is 37.4. The van der Waals surface area contributed by atoms with Crippen molar-refractivity contribution in [1.29, 1.82) is 0 Å². The molecule has 0 aliphatic heterocycles. The minimum atomic E-state index is -0.872. The molecule has 0 saturated heterocycles. The predicted octanol–water partition coefficient (Wildman–Crippen LogP) is 15.7. The zero-order chi connectivity index (χ0) is 40.7. The molecule has 326 valence electrons. The van der Waals surface area contributed by atoms with Gasteiger partial charge in [0.05, 0.1) is 18.8 Å². The Morgan fingerprint density at radius 3 is 1.25 bits per heavy atom. The lowest BCUT2D eigenvalue weighted by atomic mass is 10.0. The van der Waals surface area contributed by atoms with E-state index in [-0.39, 0.29) is 12.5 Å². The molecule has 0 aliphatic carbocycles. The third kappa shape index (κ3) is 43.2. The minimum Gasteiger partial charge on any atom is -0.394 e. The molecule has 2 atom stereocenters. The molecule has 0 aromatic rings. The van der Waals surface area contributed by atoms with E-state index >= 15 is 0 Å². The molecular weight excluding hydrogens is 687 g/mol. The molecule has 0 aliphatic rings. The fraction of sp³-hybridized carbons (Fsp3) is 0.788. The van der Waals surface area contributed by atoms with Crippen LogP contribution in [0.3, 0.4) is 0 Å². The van der Waals surface area contributed by atoms with Crippen molar-refractivity contribution in [3.05, 3.63) is 60.8 Å². The topological polar surface area (TPSA) is 69.6 Å². The molecule has 0 aromatic carbocycles. The van der Waals surface area contributed by atoms with E-state index in [9.17, 15) is 15.0 Å². The highest BCUT2D eigenvalue weighted by atomic mass is 16.3. The van der Waals surface area contributed by atoms with E-state index in [0.29, 0.717) is 6.42 Å². The van der Waals surface area contributed by atoms with Gasteiger partial charge < -0.3 is 15.5 Å². The van der Waals surface area contributed by atoms with Gasteiger partial charge in [-0.05, 0) is 64.2 Å². The number of allylic oxidation sites excluding steroid dienone is 9. The Morgan fingerprint density at radius 1 is 0.446 bits per heavy atom. The van der Waals surface area contributed by atoms with Crippen LogP contribution in [0.15, 0.2) is 60.8 Å². The Labute approximate surface area is 349 Å². The van der Waals surface area contributed by atoms with E-state index in [1.807, 2.05) is 6.08 Å². The zero-order valence-corrected chi connectivity index (χ0v) is 37.4. The van der Waals surface area contributed by atoms with Gasteiger partial charge in [-0.1, -0.05) is 235 Å². The Morgan fingerprint density at radius 2 is 0.804 bits per heavy atom. The van der Waals surface area contributed by atoms with Gasteiger partial charge in [0.25, 0.3) is 0 Å². The fourth-order valence-corrected chi connectivity index (χ4v) is 7.27. The average molecular weight is 782 g/mol. The van der Waals surface area contributed by atoms with Gasteiger partial charge >= 0.3 is 0 Å². The van der Waals surface area contributed by atoms with Crippen LogP contribution in [0.5, 0.6) is 0 Å². The number of rotatable bonds is 44. The maximum absolute atomic E-state index is 12.4. The minimum absolute atomic E-state index is 0.0915. The van der Waals surface area contributed by atoms with Crippen LogP contribution < -0.4 is 5.32 Å². The van der Waals surface area contributed by atoms with E-state index < -0.39 is 12.1 Å². The highest BCUT2D eigenvalue weighted by molar-refractivity contribution is 5.76. The molecule has 3 N–H and O–H groups in total. The van der Waals surface area contributed by atoms with E-state index in [0.717, 1.165) is 64.2 Å². The van der Waals surface area contributed by atoms with Gasteiger partial charge in [0, 0.05) is 6.42 Å². The molecule has 0 radical (unpaired) electrons. The number of aliphatic hydroxyl groups is 2. The van der Waals surface area contributed by atoms with Gasteiger partial charge in [0.2, 0.25) is 5.91 Å². The molecule has 0 aromatic heterocycles. The highest BCUT2D eigenvalue weighted by Crippen LogP contribution is 2.16. The molecule has 0 rings (SSSR count). The van der Waals surface area contributed by atoms with E-state index in [4.69, 9.17) is 0 Å². The van der Waals surface area contributed by atoms with Crippen molar-refractivity contribution < 1.29 is 15.0 Å². The maximum atomic E-state index is 12.4. The van der Waals surface area contributed by atoms with Gasteiger partial charge in [-0.2, -0.15) is 0 Å². The lowest BCUT2D eigenvalue weighted by Crippen LogP contribution is -2.45. The van der Waals surface area contributed by atoms with Gasteiger partial charge in [-0.15, -0.1) is 0 Å². The summed E-state index contributed by atoms with van der Waals surface area (Å²) < 4.78 is 0. The fourth-order valence-electron chi connectivity index (χ4n) is 7.27. The molecular formula is C52H95NO3. The Hall–Kier alpha value is -1.91. The second kappa shape index (κ2) is 47.5. The first-order chi connectivity index (χ1) is 27.7. The van der Waals surface area contributed by atoms with Crippen molar-refractivity contribution in [3.63, 3.8) is 0 Å². The lowest BCUT2D eigenvalue weighted by molar-refractivity contribution is -0.123. The molecule has 0 heterocycles. The number of carbonyl (C=O) groups excluding carboxylic acids is 1. The van der Waals surface area contributed by atoms with Gasteiger partial charge in [0.15, 0.2) is 0 Å². The van der Waals surface area contributed by atoms with Crippen LogP contribution in [0, 0.1) is 0 Å². The Balaban J connectivity index is 3.55. The molecule has 4 nitrogen and oxygen atoms in total. The van der Waals surface area contributed by atoms with Crippen molar-refractivity contribution in [1.82, 2.24) is 5.32 Å². The predicted molar refractivity (Wildman–Crippen MR) is 248 cm³/mol. The largest absolute Gasteiger partial charge is 0.394 e. The molecule has 4 heteroatoms. The second-order valence-corrected chi connectivity index (χ2v) is 16.5. The van der Waals surface area contributed by atoms with Crippen LogP contribution in [-0.4, -0.2) is 34.9 Å². The first kappa shape index (κ1) is 54.1. The Kier molecular flexibility index (Phi) is 45.8. The highest BCUT2D eigenvalue weighted by Gasteiger charge is 2.17. The molecule has 1 amide bonds.